The second-order valence-electron chi connectivity index (χ2n) is 6.93. The van der Waals surface area contributed by atoms with Gasteiger partial charge in [-0.1, -0.05) is 42.4 Å². The zero-order valence-corrected chi connectivity index (χ0v) is 13.7. The monoisotopic (exact) mass is 313 g/mol. The highest BCUT2D eigenvalue weighted by atomic mass is 16.5. The van der Waals surface area contributed by atoms with Gasteiger partial charge in [0.1, 0.15) is 6.10 Å². The Balaban J connectivity index is 1.45. The molecule has 1 aliphatic carbocycles. The third-order valence-electron chi connectivity index (χ3n) is 4.76. The van der Waals surface area contributed by atoms with Crippen molar-refractivity contribution in [2.75, 3.05) is 13.1 Å². The van der Waals surface area contributed by atoms with Crippen LogP contribution in [0.1, 0.15) is 49.6 Å². The average Bonchev–Trinajstić information content (AvgIpc) is 3.08. The van der Waals surface area contributed by atoms with Gasteiger partial charge in [0.05, 0.1) is 6.10 Å². The molecule has 5 heteroatoms. The molecule has 23 heavy (non-hydrogen) atoms. The summed E-state index contributed by atoms with van der Waals surface area (Å²) >= 11 is 0. The summed E-state index contributed by atoms with van der Waals surface area (Å²) in [6.45, 7) is 6.98. The van der Waals surface area contributed by atoms with Gasteiger partial charge in [0.25, 0.3) is 0 Å². The smallest absolute Gasteiger partial charge is 0.230 e. The summed E-state index contributed by atoms with van der Waals surface area (Å²) in [6, 6.07) is 10.5. The van der Waals surface area contributed by atoms with Crippen molar-refractivity contribution in [2.24, 2.45) is 5.92 Å². The number of benzene rings is 1. The van der Waals surface area contributed by atoms with Gasteiger partial charge in [0.2, 0.25) is 11.7 Å². The topological polar surface area (TPSA) is 51.4 Å². The van der Waals surface area contributed by atoms with Crippen LogP contribution in [0.15, 0.2) is 34.9 Å². The first-order valence-corrected chi connectivity index (χ1v) is 8.44. The van der Waals surface area contributed by atoms with Gasteiger partial charge in [-0.15, -0.1) is 0 Å². The fourth-order valence-electron chi connectivity index (χ4n) is 3.35. The van der Waals surface area contributed by atoms with E-state index in [1.165, 1.54) is 5.56 Å². The zero-order chi connectivity index (χ0) is 15.8. The molecule has 1 aromatic heterocycles. The van der Waals surface area contributed by atoms with Crippen molar-refractivity contribution < 1.29 is 9.26 Å². The zero-order valence-electron chi connectivity index (χ0n) is 13.7. The third kappa shape index (κ3) is 3.31. The number of hydrogen-bond acceptors (Lipinski definition) is 5. The molecule has 2 unspecified atom stereocenters. The van der Waals surface area contributed by atoms with Gasteiger partial charge in [-0.25, -0.2) is 0 Å². The molecule has 2 aliphatic rings. The van der Waals surface area contributed by atoms with Gasteiger partial charge in [-0.05, 0) is 24.8 Å². The van der Waals surface area contributed by atoms with Gasteiger partial charge in [0.15, 0.2) is 0 Å². The molecule has 4 rings (SSSR count). The lowest BCUT2D eigenvalue weighted by molar-refractivity contribution is -0.0856. The van der Waals surface area contributed by atoms with E-state index in [-0.39, 0.29) is 12.2 Å². The second kappa shape index (κ2) is 6.06. The molecule has 5 nitrogen and oxygen atoms in total. The molecule has 1 saturated carbocycles. The van der Waals surface area contributed by atoms with Crippen LogP contribution >= 0.6 is 0 Å². The molecule has 1 aromatic carbocycles. The molecule has 1 aliphatic heterocycles. The molecule has 1 saturated heterocycles. The van der Waals surface area contributed by atoms with Crippen LogP contribution in [0.2, 0.25) is 0 Å². The van der Waals surface area contributed by atoms with Gasteiger partial charge < -0.3 is 9.26 Å². The van der Waals surface area contributed by atoms with Crippen molar-refractivity contribution in [3.05, 3.63) is 47.6 Å². The predicted molar refractivity (Wildman–Crippen MR) is 85.8 cm³/mol. The maximum absolute atomic E-state index is 6.05. The summed E-state index contributed by atoms with van der Waals surface area (Å²) in [6.07, 6.45) is 1.22. The van der Waals surface area contributed by atoms with Crippen molar-refractivity contribution in [3.63, 3.8) is 0 Å². The fourth-order valence-corrected chi connectivity index (χ4v) is 3.35. The SMILES string of the molecule is CC1CC1c1nc([C@@H]2CN(Cc3ccccc3)C[C@H](C)O2)no1. The largest absolute Gasteiger partial charge is 0.364 e. The lowest BCUT2D eigenvalue weighted by Gasteiger charge is -2.35. The maximum atomic E-state index is 6.05. The van der Waals surface area contributed by atoms with Crippen molar-refractivity contribution in [1.29, 1.82) is 0 Å². The molecular weight excluding hydrogens is 290 g/mol. The van der Waals surface area contributed by atoms with E-state index < -0.39 is 0 Å². The van der Waals surface area contributed by atoms with Gasteiger partial charge >= 0.3 is 0 Å². The van der Waals surface area contributed by atoms with Crippen LogP contribution in [-0.2, 0) is 11.3 Å². The summed E-state index contributed by atoms with van der Waals surface area (Å²) in [4.78, 5) is 7.00. The van der Waals surface area contributed by atoms with Crippen LogP contribution in [-0.4, -0.2) is 34.2 Å². The van der Waals surface area contributed by atoms with E-state index in [4.69, 9.17) is 9.26 Å². The fraction of sp³-hybridized carbons (Fsp3) is 0.556. The van der Waals surface area contributed by atoms with Crippen LogP contribution in [0.4, 0.5) is 0 Å². The molecule has 122 valence electrons. The minimum atomic E-state index is -0.103. The van der Waals surface area contributed by atoms with Crippen molar-refractivity contribution >= 4 is 0 Å². The summed E-state index contributed by atoms with van der Waals surface area (Å²) in [5.41, 5.74) is 1.32. The number of morpholine rings is 1. The predicted octanol–water partition coefficient (Wildman–Crippen LogP) is 3.16. The molecule has 0 N–H and O–H groups in total. The summed E-state index contributed by atoms with van der Waals surface area (Å²) in [5, 5.41) is 4.17. The maximum Gasteiger partial charge on any atom is 0.230 e. The molecule has 2 fully saturated rings. The normalized spacial score (nSPS) is 31.2. The van der Waals surface area contributed by atoms with E-state index in [2.05, 4.69) is 53.2 Å². The lowest BCUT2D eigenvalue weighted by atomic mass is 10.1. The molecular formula is C18H23N3O2. The first-order valence-electron chi connectivity index (χ1n) is 8.44. The standard InChI is InChI=1S/C18H23N3O2/c1-12-8-15(12)18-19-17(20-23-18)16-11-21(9-13(2)22-16)10-14-6-4-3-5-7-14/h3-7,12-13,15-16H,8-11H2,1-2H3/t12?,13-,15?,16-/m0/s1. The van der Waals surface area contributed by atoms with Crippen LogP contribution in [0.25, 0.3) is 0 Å². The summed E-state index contributed by atoms with van der Waals surface area (Å²) < 4.78 is 11.5. The Labute approximate surface area is 136 Å². The molecule has 0 bridgehead atoms. The summed E-state index contributed by atoms with van der Waals surface area (Å²) in [7, 11) is 0. The summed E-state index contributed by atoms with van der Waals surface area (Å²) in [5.74, 6) is 2.61. The molecule has 2 aromatic rings. The molecule has 0 radical (unpaired) electrons. The third-order valence-corrected chi connectivity index (χ3v) is 4.76. The molecule has 4 atom stereocenters. The van der Waals surface area contributed by atoms with Gasteiger partial charge in [-0.2, -0.15) is 4.98 Å². The Morgan fingerprint density at radius 3 is 2.70 bits per heavy atom. The number of ether oxygens (including phenoxy) is 1. The number of aromatic nitrogens is 2. The van der Waals surface area contributed by atoms with E-state index in [1.807, 2.05) is 6.07 Å². The van der Waals surface area contributed by atoms with Crippen LogP contribution in [0.3, 0.4) is 0 Å². The van der Waals surface area contributed by atoms with Crippen molar-refractivity contribution in [1.82, 2.24) is 15.0 Å². The Hall–Kier alpha value is -1.72. The van der Waals surface area contributed by atoms with E-state index in [9.17, 15) is 0 Å². The highest BCUT2D eigenvalue weighted by Gasteiger charge is 2.40. The Kier molecular flexibility index (Phi) is 3.91. The Bertz CT molecular complexity index is 657. The lowest BCUT2D eigenvalue weighted by Crippen LogP contribution is -2.42. The first kappa shape index (κ1) is 14.8. The van der Waals surface area contributed by atoms with E-state index >= 15 is 0 Å². The minimum absolute atomic E-state index is 0.103. The molecule has 0 amide bonds. The highest BCUT2D eigenvalue weighted by molar-refractivity contribution is 5.15. The highest BCUT2D eigenvalue weighted by Crippen LogP contribution is 2.46. The molecule has 0 spiro atoms. The van der Waals surface area contributed by atoms with E-state index in [0.29, 0.717) is 17.7 Å². The quantitative estimate of drug-likeness (QED) is 0.868. The van der Waals surface area contributed by atoms with Gasteiger partial charge in [0, 0.05) is 25.6 Å². The van der Waals surface area contributed by atoms with E-state index in [0.717, 1.165) is 31.9 Å². The number of hydrogen-bond donors (Lipinski definition) is 0. The van der Waals surface area contributed by atoms with Crippen molar-refractivity contribution in [2.45, 2.75) is 44.9 Å². The van der Waals surface area contributed by atoms with Gasteiger partial charge in [-0.3, -0.25) is 4.90 Å². The van der Waals surface area contributed by atoms with E-state index in [1.54, 1.807) is 0 Å². The van der Waals surface area contributed by atoms with Crippen molar-refractivity contribution in [3.8, 4) is 0 Å². The minimum Gasteiger partial charge on any atom is -0.364 e. The second-order valence-corrected chi connectivity index (χ2v) is 6.93. The Morgan fingerprint density at radius 1 is 1.17 bits per heavy atom. The van der Waals surface area contributed by atoms with Crippen LogP contribution in [0, 0.1) is 5.92 Å². The Morgan fingerprint density at radius 2 is 1.96 bits per heavy atom. The van der Waals surface area contributed by atoms with Crippen LogP contribution < -0.4 is 0 Å². The number of rotatable bonds is 4. The van der Waals surface area contributed by atoms with Crippen LogP contribution in [0.5, 0.6) is 0 Å². The average molecular weight is 313 g/mol. The molecule has 2 heterocycles. The first-order chi connectivity index (χ1) is 11.2. The number of nitrogens with zero attached hydrogens (tertiary/aromatic N) is 3.